The van der Waals surface area contributed by atoms with Gasteiger partial charge in [-0.25, -0.2) is 4.79 Å². The van der Waals surface area contributed by atoms with Gasteiger partial charge in [0.05, 0.1) is 18.7 Å². The van der Waals surface area contributed by atoms with Crippen molar-refractivity contribution in [3.05, 3.63) is 0 Å². The smallest absolute Gasteiger partial charge is 0.394 e. The minimum Gasteiger partial charge on any atom is -0.461 e. The van der Waals surface area contributed by atoms with Gasteiger partial charge in [-0.2, -0.15) is 13.2 Å². The molecule has 0 aliphatic carbocycles. The van der Waals surface area contributed by atoms with E-state index in [0.717, 1.165) is 0 Å². The summed E-state index contributed by atoms with van der Waals surface area (Å²) in [6.07, 6.45) is -6.29. The first kappa shape index (κ1) is 13.4. The van der Waals surface area contributed by atoms with E-state index in [9.17, 15) is 18.0 Å². The van der Waals surface area contributed by atoms with Gasteiger partial charge < -0.3 is 15.4 Å². The van der Waals surface area contributed by atoms with E-state index in [1.807, 2.05) is 0 Å². The minimum absolute atomic E-state index is 0.0862. The summed E-state index contributed by atoms with van der Waals surface area (Å²) in [5.41, 5.74) is -2.17. The quantitative estimate of drug-likeness (QED) is 0.328. The van der Waals surface area contributed by atoms with E-state index in [-0.39, 0.29) is 6.61 Å². The van der Waals surface area contributed by atoms with E-state index in [1.54, 1.807) is 0 Å². The number of nitrogens with zero attached hydrogens (tertiary/aromatic N) is 1. The average molecular weight is 226 g/mol. The lowest BCUT2D eigenvalue weighted by Crippen LogP contribution is -2.29. The largest absolute Gasteiger partial charge is 0.461 e. The molecule has 2 N–H and O–H groups in total. The molecule has 86 valence electrons. The highest BCUT2D eigenvalue weighted by Crippen LogP contribution is 2.20. The fourth-order valence-corrected chi connectivity index (χ4v) is 0.708. The number of halogens is 3. The fraction of sp³-hybridized carbons (Fsp3) is 0.571. The predicted octanol–water partition coefficient (Wildman–Crippen LogP) is 1.35. The lowest BCUT2D eigenvalue weighted by atomic mass is 10.1. The molecule has 0 unspecified atom stereocenters. The van der Waals surface area contributed by atoms with Gasteiger partial charge in [-0.3, -0.25) is 0 Å². The molecule has 0 saturated carbocycles. The summed E-state index contributed by atoms with van der Waals surface area (Å²) in [5.74, 6) is -1.26. The molecule has 0 aliphatic heterocycles. The summed E-state index contributed by atoms with van der Waals surface area (Å²) in [7, 11) is 0. The zero-order valence-corrected chi connectivity index (χ0v) is 7.76. The van der Waals surface area contributed by atoms with Gasteiger partial charge in [0, 0.05) is 0 Å². The van der Waals surface area contributed by atoms with E-state index in [1.165, 1.54) is 6.92 Å². The van der Waals surface area contributed by atoms with Crippen LogP contribution in [-0.4, -0.2) is 35.4 Å². The summed E-state index contributed by atoms with van der Waals surface area (Å²) in [6, 6.07) is 0. The number of hydrogen-bond acceptors (Lipinski definition) is 5. The Kier molecular flexibility index (Phi) is 4.75. The highest BCUT2D eigenvalue weighted by molar-refractivity contribution is 6.65. The zero-order chi connectivity index (χ0) is 12.1. The zero-order valence-electron chi connectivity index (χ0n) is 7.76. The Morgan fingerprint density at radius 2 is 2.07 bits per heavy atom. The first-order valence-corrected chi connectivity index (χ1v) is 3.85. The predicted molar refractivity (Wildman–Crippen MR) is 44.3 cm³/mol. The summed E-state index contributed by atoms with van der Waals surface area (Å²) >= 11 is 0. The molecule has 0 aromatic rings. The van der Waals surface area contributed by atoms with Crippen molar-refractivity contribution >= 4 is 17.4 Å². The maximum absolute atomic E-state index is 11.8. The van der Waals surface area contributed by atoms with Gasteiger partial charge in [-0.1, -0.05) is 5.16 Å². The van der Waals surface area contributed by atoms with Crippen LogP contribution in [0.25, 0.3) is 0 Å². The molecule has 0 rings (SSSR count). The van der Waals surface area contributed by atoms with Gasteiger partial charge in [-0.05, 0) is 6.92 Å². The van der Waals surface area contributed by atoms with E-state index >= 15 is 0 Å². The Morgan fingerprint density at radius 1 is 1.53 bits per heavy atom. The Bertz CT molecular complexity index is 286. The SMILES string of the molecule is CCOC(=O)/C(=N/O)C(=N)CC(F)(F)F. The minimum atomic E-state index is -4.64. The first-order valence-electron chi connectivity index (χ1n) is 3.85. The molecule has 15 heavy (non-hydrogen) atoms. The summed E-state index contributed by atoms with van der Waals surface area (Å²) < 4.78 is 39.8. The summed E-state index contributed by atoms with van der Waals surface area (Å²) in [4.78, 5) is 10.9. The van der Waals surface area contributed by atoms with Crippen molar-refractivity contribution in [2.24, 2.45) is 5.16 Å². The monoisotopic (exact) mass is 226 g/mol. The fourth-order valence-electron chi connectivity index (χ4n) is 0.708. The average Bonchev–Trinajstić information content (AvgIpc) is 2.02. The van der Waals surface area contributed by atoms with Crippen molar-refractivity contribution in [3.63, 3.8) is 0 Å². The number of hydrogen-bond donors (Lipinski definition) is 2. The normalized spacial score (nSPS) is 12.4. The molecule has 0 radical (unpaired) electrons. The topological polar surface area (TPSA) is 82.7 Å². The number of alkyl halides is 3. The van der Waals surface area contributed by atoms with Crippen molar-refractivity contribution in [2.75, 3.05) is 6.61 Å². The van der Waals surface area contributed by atoms with Crippen molar-refractivity contribution in [1.82, 2.24) is 0 Å². The third kappa shape index (κ3) is 4.99. The summed E-state index contributed by atoms with van der Waals surface area (Å²) in [5, 5.41) is 17.5. The van der Waals surface area contributed by atoms with Gasteiger partial charge in [0.15, 0.2) is 0 Å². The van der Waals surface area contributed by atoms with Crippen LogP contribution in [0.4, 0.5) is 13.2 Å². The number of nitrogens with one attached hydrogen (secondary N) is 1. The van der Waals surface area contributed by atoms with E-state index in [0.29, 0.717) is 0 Å². The van der Waals surface area contributed by atoms with Crippen molar-refractivity contribution < 1.29 is 27.9 Å². The van der Waals surface area contributed by atoms with Gasteiger partial charge in [0.2, 0.25) is 5.71 Å². The summed E-state index contributed by atoms with van der Waals surface area (Å²) in [6.45, 7) is 1.34. The third-order valence-electron chi connectivity index (χ3n) is 1.23. The molecule has 0 heterocycles. The van der Waals surface area contributed by atoms with Crippen LogP contribution in [0.2, 0.25) is 0 Å². The van der Waals surface area contributed by atoms with Crippen molar-refractivity contribution in [1.29, 1.82) is 5.41 Å². The lowest BCUT2D eigenvalue weighted by Gasteiger charge is -2.08. The van der Waals surface area contributed by atoms with Crippen LogP contribution in [-0.2, 0) is 9.53 Å². The Balaban J connectivity index is 4.58. The van der Waals surface area contributed by atoms with Gasteiger partial charge in [-0.15, -0.1) is 0 Å². The van der Waals surface area contributed by atoms with Crippen LogP contribution in [0, 0.1) is 5.41 Å². The van der Waals surface area contributed by atoms with Crippen LogP contribution in [0.5, 0.6) is 0 Å². The van der Waals surface area contributed by atoms with Crippen molar-refractivity contribution in [3.8, 4) is 0 Å². The second-order valence-electron chi connectivity index (χ2n) is 2.44. The number of oxime groups is 1. The molecular weight excluding hydrogens is 217 g/mol. The van der Waals surface area contributed by atoms with E-state index in [4.69, 9.17) is 10.6 Å². The molecule has 0 atom stereocenters. The molecule has 0 saturated heterocycles. The van der Waals surface area contributed by atoms with Crippen LogP contribution in [0.3, 0.4) is 0 Å². The molecule has 0 aromatic carbocycles. The van der Waals surface area contributed by atoms with Crippen LogP contribution in [0.15, 0.2) is 5.16 Å². The molecule has 0 fully saturated rings. The molecule has 5 nitrogen and oxygen atoms in total. The van der Waals surface area contributed by atoms with Gasteiger partial charge in [0.1, 0.15) is 0 Å². The molecule has 0 aliphatic rings. The Hall–Kier alpha value is -1.60. The highest BCUT2D eigenvalue weighted by atomic mass is 19.4. The van der Waals surface area contributed by atoms with Gasteiger partial charge in [0.25, 0.3) is 0 Å². The van der Waals surface area contributed by atoms with Crippen LogP contribution >= 0.6 is 0 Å². The number of esters is 1. The molecular formula is C7H9F3N2O3. The Morgan fingerprint density at radius 3 is 2.40 bits per heavy atom. The first-order chi connectivity index (χ1) is 6.81. The number of ether oxygens (including phenoxy) is 1. The molecule has 8 heteroatoms. The maximum Gasteiger partial charge on any atom is 0.394 e. The maximum atomic E-state index is 11.8. The molecule has 0 amide bonds. The van der Waals surface area contributed by atoms with E-state index < -0.39 is 30.0 Å². The van der Waals surface area contributed by atoms with E-state index in [2.05, 4.69) is 9.89 Å². The van der Waals surface area contributed by atoms with Crippen LogP contribution in [0.1, 0.15) is 13.3 Å². The number of carbonyl (C=O) groups is 1. The second-order valence-corrected chi connectivity index (χ2v) is 2.44. The van der Waals surface area contributed by atoms with Gasteiger partial charge >= 0.3 is 12.1 Å². The standard InChI is InChI=1S/C7H9F3N2O3/c1-2-15-6(13)5(12-14)4(11)3-7(8,9)10/h11,14H,2-3H2,1H3/b11-4?,12-5+. The third-order valence-corrected chi connectivity index (χ3v) is 1.23. The molecule has 0 spiro atoms. The molecule has 0 aromatic heterocycles. The lowest BCUT2D eigenvalue weighted by molar-refractivity contribution is -0.135. The van der Waals surface area contributed by atoms with Crippen LogP contribution < -0.4 is 0 Å². The second kappa shape index (κ2) is 5.32. The Labute approximate surface area is 83.0 Å². The molecule has 0 bridgehead atoms. The number of carbonyl (C=O) groups excluding carboxylic acids is 1. The number of rotatable bonds is 4. The van der Waals surface area contributed by atoms with Crippen molar-refractivity contribution in [2.45, 2.75) is 19.5 Å². The highest BCUT2D eigenvalue weighted by Gasteiger charge is 2.33.